The lowest BCUT2D eigenvalue weighted by molar-refractivity contribution is -0.117. The van der Waals surface area contributed by atoms with Crippen LogP contribution in [0.2, 0.25) is 0 Å². The van der Waals surface area contributed by atoms with E-state index in [1.807, 2.05) is 29.2 Å². The highest BCUT2D eigenvalue weighted by Gasteiger charge is 2.48. The minimum absolute atomic E-state index is 0.0310. The maximum atomic E-state index is 12.5. The third-order valence-electron chi connectivity index (χ3n) is 5.20. The number of amidine groups is 1. The van der Waals surface area contributed by atoms with Crippen LogP contribution in [-0.4, -0.2) is 79.1 Å². The quantitative estimate of drug-likeness (QED) is 0.610. The fourth-order valence-corrected chi connectivity index (χ4v) is 7.68. The molecule has 0 saturated carbocycles. The fourth-order valence-electron chi connectivity index (χ4n) is 3.69. The van der Waals surface area contributed by atoms with E-state index in [4.69, 9.17) is 9.47 Å². The number of carbonyl (C=O) groups is 2. The zero-order chi connectivity index (χ0) is 24.2. The first-order chi connectivity index (χ1) is 15.5. The molecule has 11 heteroatoms. The van der Waals surface area contributed by atoms with E-state index in [9.17, 15) is 18.0 Å². The van der Waals surface area contributed by atoms with Crippen molar-refractivity contribution in [2.45, 2.75) is 50.5 Å². The minimum Gasteiger partial charge on any atom is -0.497 e. The third kappa shape index (κ3) is 7.36. The molecule has 0 spiro atoms. The number of methoxy groups -OCH3 is 1. The van der Waals surface area contributed by atoms with E-state index in [2.05, 4.69) is 10.3 Å². The Bertz CT molecular complexity index is 1000. The van der Waals surface area contributed by atoms with Crippen molar-refractivity contribution in [1.29, 1.82) is 0 Å². The highest BCUT2D eigenvalue weighted by molar-refractivity contribution is 8.15. The second-order valence-electron chi connectivity index (χ2n) is 9.06. The van der Waals surface area contributed by atoms with Crippen LogP contribution in [0.3, 0.4) is 0 Å². The number of hydrogen-bond acceptors (Lipinski definition) is 7. The van der Waals surface area contributed by atoms with Crippen LogP contribution in [0.4, 0.5) is 4.79 Å². The molecule has 2 atom stereocenters. The topological polar surface area (TPSA) is 114 Å². The molecule has 2 heterocycles. The van der Waals surface area contributed by atoms with Crippen LogP contribution in [0.15, 0.2) is 29.3 Å². The number of aliphatic imine (C=N–C) groups is 1. The van der Waals surface area contributed by atoms with Crippen LogP contribution in [0, 0.1) is 0 Å². The number of ether oxygens (including phenoxy) is 2. The SMILES string of the molecule is COc1ccc(CCN2C(=NC(=O)CCNC(=O)OC(C)(C)C)S[C@@H]3CS(=O)(=O)C[C@H]32)cc1. The lowest BCUT2D eigenvalue weighted by atomic mass is 10.1. The average molecular weight is 498 g/mol. The molecule has 1 aromatic rings. The van der Waals surface area contributed by atoms with Crippen molar-refractivity contribution in [2.24, 2.45) is 4.99 Å². The van der Waals surface area contributed by atoms with Crippen molar-refractivity contribution in [2.75, 3.05) is 31.7 Å². The molecule has 1 aromatic carbocycles. The number of benzene rings is 1. The molecule has 182 valence electrons. The predicted octanol–water partition coefficient (Wildman–Crippen LogP) is 2.25. The zero-order valence-electron chi connectivity index (χ0n) is 19.4. The number of rotatable bonds is 7. The van der Waals surface area contributed by atoms with Crippen molar-refractivity contribution in [3.8, 4) is 5.75 Å². The van der Waals surface area contributed by atoms with Crippen molar-refractivity contribution < 1.29 is 27.5 Å². The van der Waals surface area contributed by atoms with E-state index in [0.717, 1.165) is 11.3 Å². The van der Waals surface area contributed by atoms with Gasteiger partial charge in [-0.3, -0.25) is 4.79 Å². The van der Waals surface area contributed by atoms with Crippen molar-refractivity contribution in [3.05, 3.63) is 29.8 Å². The van der Waals surface area contributed by atoms with E-state index in [1.165, 1.54) is 11.8 Å². The number of sulfone groups is 1. The highest BCUT2D eigenvalue weighted by atomic mass is 32.2. The Hall–Kier alpha value is -2.27. The molecule has 3 rings (SSSR count). The van der Waals surface area contributed by atoms with Crippen LogP contribution in [0.25, 0.3) is 0 Å². The number of amides is 2. The second kappa shape index (κ2) is 10.3. The Morgan fingerprint density at radius 1 is 1.21 bits per heavy atom. The third-order valence-corrected chi connectivity index (χ3v) is 8.45. The zero-order valence-corrected chi connectivity index (χ0v) is 21.0. The standard InChI is InChI=1S/C22H31N3O6S2/c1-22(2,3)31-21(27)23-11-9-19(26)24-20-25(17-13-33(28,29)14-18(17)32-20)12-10-15-5-7-16(30-4)8-6-15/h5-8,17-18H,9-14H2,1-4H3,(H,23,27)/t17-,18-/m1/s1. The molecule has 33 heavy (non-hydrogen) atoms. The van der Waals surface area contributed by atoms with Gasteiger partial charge in [0.2, 0.25) is 5.91 Å². The van der Waals surface area contributed by atoms with Gasteiger partial charge in [-0.25, -0.2) is 13.2 Å². The molecule has 2 saturated heterocycles. The summed E-state index contributed by atoms with van der Waals surface area (Å²) >= 11 is 1.35. The second-order valence-corrected chi connectivity index (χ2v) is 12.4. The molecule has 0 bridgehead atoms. The molecule has 1 N–H and O–H groups in total. The normalized spacial score (nSPS) is 22.8. The van der Waals surface area contributed by atoms with Crippen LogP contribution in [-0.2, 0) is 25.8 Å². The molecular weight excluding hydrogens is 466 g/mol. The molecule has 0 aliphatic carbocycles. The monoisotopic (exact) mass is 497 g/mol. The summed E-state index contributed by atoms with van der Waals surface area (Å²) in [7, 11) is -1.49. The average Bonchev–Trinajstić information content (AvgIpc) is 3.16. The van der Waals surface area contributed by atoms with Gasteiger partial charge in [0.25, 0.3) is 0 Å². The van der Waals surface area contributed by atoms with Crippen molar-refractivity contribution >= 4 is 38.8 Å². The largest absolute Gasteiger partial charge is 0.497 e. The Labute approximate surface area is 199 Å². The van der Waals surface area contributed by atoms with E-state index in [1.54, 1.807) is 27.9 Å². The first-order valence-corrected chi connectivity index (χ1v) is 13.5. The van der Waals surface area contributed by atoms with Gasteiger partial charge in [-0.1, -0.05) is 23.9 Å². The van der Waals surface area contributed by atoms with E-state index in [0.29, 0.717) is 18.1 Å². The van der Waals surface area contributed by atoms with Gasteiger partial charge in [-0.15, -0.1) is 0 Å². The summed E-state index contributed by atoms with van der Waals surface area (Å²) in [5, 5.41) is 2.98. The maximum absolute atomic E-state index is 12.5. The Balaban J connectivity index is 1.62. The van der Waals surface area contributed by atoms with E-state index < -0.39 is 21.5 Å². The van der Waals surface area contributed by atoms with Gasteiger partial charge in [0, 0.05) is 24.8 Å². The number of nitrogens with one attached hydrogen (secondary N) is 1. The van der Waals surface area contributed by atoms with Gasteiger partial charge in [-0.05, 0) is 44.9 Å². The summed E-state index contributed by atoms with van der Waals surface area (Å²) in [6.45, 7) is 5.95. The molecule has 0 unspecified atom stereocenters. The van der Waals surface area contributed by atoms with E-state index in [-0.39, 0.29) is 41.7 Å². The molecule has 0 aromatic heterocycles. The van der Waals surface area contributed by atoms with Gasteiger partial charge in [-0.2, -0.15) is 4.99 Å². The first kappa shape index (κ1) is 25.4. The number of carbonyl (C=O) groups excluding carboxylic acids is 2. The number of fused-ring (bicyclic) bond motifs is 1. The van der Waals surface area contributed by atoms with Gasteiger partial charge in [0.1, 0.15) is 11.4 Å². The molecule has 2 aliphatic heterocycles. The van der Waals surface area contributed by atoms with Gasteiger partial charge < -0.3 is 19.7 Å². The molecule has 2 amide bonds. The van der Waals surface area contributed by atoms with Crippen molar-refractivity contribution in [3.63, 3.8) is 0 Å². The predicted molar refractivity (Wildman–Crippen MR) is 129 cm³/mol. The number of alkyl carbamates (subject to hydrolysis) is 1. The number of nitrogens with zero attached hydrogens (tertiary/aromatic N) is 2. The van der Waals surface area contributed by atoms with Crippen LogP contribution >= 0.6 is 11.8 Å². The molecule has 2 fully saturated rings. The Kier molecular flexibility index (Phi) is 7.94. The van der Waals surface area contributed by atoms with Crippen LogP contribution in [0.5, 0.6) is 5.75 Å². The summed E-state index contributed by atoms with van der Waals surface area (Å²) in [6.07, 6.45) is 0.129. The molecule has 0 radical (unpaired) electrons. The molecule has 2 aliphatic rings. The van der Waals surface area contributed by atoms with Gasteiger partial charge in [0.15, 0.2) is 15.0 Å². The Morgan fingerprint density at radius 3 is 2.55 bits per heavy atom. The first-order valence-electron chi connectivity index (χ1n) is 10.8. The number of thioether (sulfide) groups is 1. The maximum Gasteiger partial charge on any atom is 0.407 e. The summed E-state index contributed by atoms with van der Waals surface area (Å²) in [6, 6.07) is 7.51. The van der Waals surface area contributed by atoms with Crippen LogP contribution in [0.1, 0.15) is 32.8 Å². The highest BCUT2D eigenvalue weighted by Crippen LogP contribution is 2.38. The van der Waals surface area contributed by atoms with Gasteiger partial charge >= 0.3 is 6.09 Å². The van der Waals surface area contributed by atoms with Crippen molar-refractivity contribution in [1.82, 2.24) is 10.2 Å². The fraction of sp³-hybridized carbons (Fsp3) is 0.591. The van der Waals surface area contributed by atoms with Gasteiger partial charge in [0.05, 0.1) is 24.7 Å². The smallest absolute Gasteiger partial charge is 0.407 e. The minimum atomic E-state index is -3.10. The molecular formula is C22H31N3O6S2. The lowest BCUT2D eigenvalue weighted by Crippen LogP contribution is -2.39. The van der Waals surface area contributed by atoms with E-state index >= 15 is 0 Å². The lowest BCUT2D eigenvalue weighted by Gasteiger charge is -2.24. The summed E-state index contributed by atoms with van der Waals surface area (Å²) in [4.78, 5) is 30.4. The summed E-state index contributed by atoms with van der Waals surface area (Å²) < 4.78 is 34.7. The number of hydrogen-bond donors (Lipinski definition) is 1. The summed E-state index contributed by atoms with van der Waals surface area (Å²) in [5.41, 5.74) is 0.467. The summed E-state index contributed by atoms with van der Waals surface area (Å²) in [5.74, 6) is 0.561. The Morgan fingerprint density at radius 2 is 1.91 bits per heavy atom. The molecule has 9 nitrogen and oxygen atoms in total. The van der Waals surface area contributed by atoms with Crippen LogP contribution < -0.4 is 10.1 Å².